The van der Waals surface area contributed by atoms with Gasteiger partial charge in [-0.25, -0.2) is 4.79 Å². The van der Waals surface area contributed by atoms with E-state index in [9.17, 15) is 9.59 Å². The predicted octanol–water partition coefficient (Wildman–Crippen LogP) is 4.20. The highest BCUT2D eigenvalue weighted by Crippen LogP contribution is 2.27. The molecule has 0 radical (unpaired) electrons. The number of aromatic amines is 1. The fourth-order valence-corrected chi connectivity index (χ4v) is 2.75. The van der Waals surface area contributed by atoms with E-state index in [1.807, 2.05) is 25.1 Å². The number of amides is 1. The smallest absolute Gasteiger partial charge is 0.408 e. The van der Waals surface area contributed by atoms with Gasteiger partial charge in [-0.1, -0.05) is 38.1 Å². The summed E-state index contributed by atoms with van der Waals surface area (Å²) in [4.78, 5) is 26.1. The van der Waals surface area contributed by atoms with E-state index in [1.54, 1.807) is 24.3 Å². The second kappa shape index (κ2) is 6.81. The van der Waals surface area contributed by atoms with Crippen molar-refractivity contribution in [2.24, 2.45) is 0 Å². The van der Waals surface area contributed by atoms with Crippen molar-refractivity contribution in [3.05, 3.63) is 69.7 Å². The van der Waals surface area contributed by atoms with Gasteiger partial charge in [0.2, 0.25) is 5.91 Å². The van der Waals surface area contributed by atoms with Crippen LogP contribution in [-0.4, -0.2) is 10.9 Å². The Kier molecular flexibility index (Phi) is 4.57. The number of para-hydroxylation sites is 1. The zero-order chi connectivity index (χ0) is 18.0. The molecule has 0 fully saturated rings. The maximum Gasteiger partial charge on any atom is 0.417 e. The molecule has 0 aliphatic heterocycles. The molecule has 3 rings (SSSR count). The summed E-state index contributed by atoms with van der Waals surface area (Å²) in [5.41, 5.74) is 4.90. The molecule has 2 N–H and O–H groups in total. The number of oxazole rings is 1. The normalized spacial score (nSPS) is 11.5. The Morgan fingerprint density at radius 2 is 2.04 bits per heavy atom. The van der Waals surface area contributed by atoms with E-state index >= 15 is 0 Å². The maximum atomic E-state index is 12.3. The average molecular weight is 336 g/mol. The van der Waals surface area contributed by atoms with Gasteiger partial charge in [-0.3, -0.25) is 9.78 Å². The third kappa shape index (κ3) is 3.71. The van der Waals surface area contributed by atoms with E-state index in [2.05, 4.69) is 24.1 Å². The molecule has 0 aliphatic rings. The highest BCUT2D eigenvalue weighted by molar-refractivity contribution is 6.03. The summed E-state index contributed by atoms with van der Waals surface area (Å²) in [6.07, 6.45) is 3.18. The Morgan fingerprint density at radius 3 is 2.80 bits per heavy atom. The summed E-state index contributed by atoms with van der Waals surface area (Å²) in [5.74, 6) is -0.369. The van der Waals surface area contributed by atoms with Crippen molar-refractivity contribution in [3.63, 3.8) is 0 Å². The summed E-state index contributed by atoms with van der Waals surface area (Å²) in [6, 6.07) is 11.3. The van der Waals surface area contributed by atoms with Crippen LogP contribution in [-0.2, 0) is 4.79 Å². The Morgan fingerprint density at radius 1 is 1.24 bits per heavy atom. The van der Waals surface area contributed by atoms with Crippen LogP contribution >= 0.6 is 0 Å². The van der Waals surface area contributed by atoms with E-state index in [0.717, 1.165) is 22.4 Å². The first-order chi connectivity index (χ1) is 11.9. The van der Waals surface area contributed by atoms with Gasteiger partial charge in [0, 0.05) is 11.8 Å². The standard InChI is InChI=1S/C20H20N2O3/c1-12(2)15-6-4-5-13(3)19(15)22-18(23)10-8-14-7-9-17-16(11-14)21-20(24)25-17/h4-12H,1-3H3,(H,21,24)(H,22,23)/b10-8+. The van der Waals surface area contributed by atoms with Crippen LogP contribution in [0.4, 0.5) is 5.69 Å². The molecule has 0 atom stereocenters. The number of aromatic nitrogens is 1. The number of fused-ring (bicyclic) bond motifs is 1. The van der Waals surface area contributed by atoms with E-state index in [1.165, 1.54) is 6.08 Å². The van der Waals surface area contributed by atoms with E-state index < -0.39 is 5.76 Å². The monoisotopic (exact) mass is 336 g/mol. The molecular formula is C20H20N2O3. The van der Waals surface area contributed by atoms with Crippen molar-refractivity contribution in [2.45, 2.75) is 26.7 Å². The number of carbonyl (C=O) groups excluding carboxylic acids is 1. The van der Waals surface area contributed by atoms with Crippen molar-refractivity contribution >= 4 is 28.8 Å². The van der Waals surface area contributed by atoms with Crippen LogP contribution in [0.25, 0.3) is 17.2 Å². The van der Waals surface area contributed by atoms with Crippen molar-refractivity contribution in [1.29, 1.82) is 0 Å². The van der Waals surface area contributed by atoms with E-state index in [0.29, 0.717) is 17.0 Å². The molecule has 0 aliphatic carbocycles. The van der Waals surface area contributed by atoms with Gasteiger partial charge in [-0.2, -0.15) is 0 Å². The minimum Gasteiger partial charge on any atom is -0.408 e. The van der Waals surface area contributed by atoms with Gasteiger partial charge < -0.3 is 9.73 Å². The summed E-state index contributed by atoms with van der Waals surface area (Å²) < 4.78 is 4.96. The lowest BCUT2D eigenvalue weighted by Crippen LogP contribution is -2.11. The highest BCUT2D eigenvalue weighted by Gasteiger charge is 2.10. The first kappa shape index (κ1) is 16.8. The number of aryl methyl sites for hydroxylation is 1. The minimum absolute atomic E-state index is 0.197. The van der Waals surface area contributed by atoms with Gasteiger partial charge in [0.1, 0.15) is 0 Å². The number of hydrogen-bond donors (Lipinski definition) is 2. The van der Waals surface area contributed by atoms with Crippen LogP contribution in [0, 0.1) is 6.92 Å². The zero-order valence-electron chi connectivity index (χ0n) is 14.4. The van der Waals surface area contributed by atoms with Gasteiger partial charge >= 0.3 is 5.76 Å². The van der Waals surface area contributed by atoms with E-state index in [4.69, 9.17) is 4.42 Å². The Labute approximate surface area is 145 Å². The largest absolute Gasteiger partial charge is 0.417 e. The molecule has 2 aromatic carbocycles. The van der Waals surface area contributed by atoms with Crippen LogP contribution in [0.15, 0.2) is 51.7 Å². The molecule has 1 aromatic heterocycles. The number of hydrogen-bond acceptors (Lipinski definition) is 3. The minimum atomic E-state index is -0.491. The van der Waals surface area contributed by atoms with Gasteiger partial charge in [0.25, 0.3) is 0 Å². The highest BCUT2D eigenvalue weighted by atomic mass is 16.4. The third-order valence-electron chi connectivity index (χ3n) is 4.05. The van der Waals surface area contributed by atoms with Gasteiger partial charge in [-0.15, -0.1) is 0 Å². The molecule has 1 heterocycles. The molecule has 0 bridgehead atoms. The van der Waals surface area contributed by atoms with Crippen molar-refractivity contribution < 1.29 is 9.21 Å². The number of nitrogens with one attached hydrogen (secondary N) is 2. The molecule has 3 aromatic rings. The first-order valence-electron chi connectivity index (χ1n) is 8.15. The summed E-state index contributed by atoms with van der Waals surface area (Å²) in [6.45, 7) is 6.18. The topological polar surface area (TPSA) is 75.1 Å². The summed E-state index contributed by atoms with van der Waals surface area (Å²) in [7, 11) is 0. The fourth-order valence-electron chi connectivity index (χ4n) is 2.75. The second-order valence-electron chi connectivity index (χ2n) is 6.29. The maximum absolute atomic E-state index is 12.3. The number of anilines is 1. The third-order valence-corrected chi connectivity index (χ3v) is 4.05. The Hall–Kier alpha value is -3.08. The molecule has 0 unspecified atom stereocenters. The first-order valence-corrected chi connectivity index (χ1v) is 8.15. The molecule has 25 heavy (non-hydrogen) atoms. The Bertz CT molecular complexity index is 1010. The van der Waals surface area contributed by atoms with Crippen molar-refractivity contribution in [3.8, 4) is 0 Å². The van der Waals surface area contributed by atoms with Crippen LogP contribution < -0.4 is 11.1 Å². The lowest BCUT2D eigenvalue weighted by atomic mass is 9.98. The molecule has 128 valence electrons. The molecule has 0 spiro atoms. The van der Waals surface area contributed by atoms with Crippen LogP contribution in [0.3, 0.4) is 0 Å². The number of carbonyl (C=O) groups is 1. The second-order valence-corrected chi connectivity index (χ2v) is 6.29. The summed E-state index contributed by atoms with van der Waals surface area (Å²) in [5, 5.41) is 2.97. The Balaban J connectivity index is 1.80. The SMILES string of the molecule is Cc1cccc(C(C)C)c1NC(=O)/C=C/c1ccc2oc(=O)[nH]c2c1. The molecule has 5 nitrogen and oxygen atoms in total. The van der Waals surface area contributed by atoms with Crippen molar-refractivity contribution in [2.75, 3.05) is 5.32 Å². The molecule has 1 amide bonds. The van der Waals surface area contributed by atoms with Crippen LogP contribution in [0.1, 0.15) is 36.5 Å². The number of H-pyrrole nitrogens is 1. The predicted molar refractivity (Wildman–Crippen MR) is 99.8 cm³/mol. The lowest BCUT2D eigenvalue weighted by Gasteiger charge is -2.15. The summed E-state index contributed by atoms with van der Waals surface area (Å²) >= 11 is 0. The van der Waals surface area contributed by atoms with Gasteiger partial charge in [0.15, 0.2) is 5.58 Å². The molecular weight excluding hydrogens is 316 g/mol. The fraction of sp³-hybridized carbons (Fsp3) is 0.200. The van der Waals surface area contributed by atoms with Gasteiger partial charge in [0.05, 0.1) is 5.52 Å². The van der Waals surface area contributed by atoms with E-state index in [-0.39, 0.29) is 5.91 Å². The van der Waals surface area contributed by atoms with Gasteiger partial charge in [-0.05, 0) is 47.7 Å². The van der Waals surface area contributed by atoms with Crippen LogP contribution in [0.5, 0.6) is 0 Å². The molecule has 0 saturated carbocycles. The van der Waals surface area contributed by atoms with Crippen molar-refractivity contribution in [1.82, 2.24) is 4.98 Å². The molecule has 0 saturated heterocycles. The quantitative estimate of drug-likeness (QED) is 0.701. The number of benzene rings is 2. The number of rotatable bonds is 4. The zero-order valence-corrected chi connectivity index (χ0v) is 14.4. The lowest BCUT2D eigenvalue weighted by molar-refractivity contribution is -0.111. The van der Waals surface area contributed by atoms with Crippen LogP contribution in [0.2, 0.25) is 0 Å². The average Bonchev–Trinajstić information content (AvgIpc) is 2.93. The molecule has 5 heteroatoms.